The van der Waals surface area contributed by atoms with Gasteiger partial charge in [0.1, 0.15) is 5.75 Å². The van der Waals surface area contributed by atoms with Gasteiger partial charge in [0.05, 0.1) is 11.4 Å². The number of nitrogens with two attached hydrogens (primary N) is 1. The third kappa shape index (κ3) is 4.24. The van der Waals surface area contributed by atoms with Gasteiger partial charge >= 0.3 is 6.61 Å². The van der Waals surface area contributed by atoms with Gasteiger partial charge in [-0.3, -0.25) is 4.79 Å². The quantitative estimate of drug-likeness (QED) is 0.862. The zero-order chi connectivity index (χ0) is 19.6. The number of alkyl halides is 2. The molecule has 1 aliphatic heterocycles. The van der Waals surface area contributed by atoms with E-state index in [4.69, 9.17) is 5.73 Å². The van der Waals surface area contributed by atoms with Crippen LogP contribution in [0, 0.1) is 12.8 Å². The summed E-state index contributed by atoms with van der Waals surface area (Å²) in [6.07, 6.45) is 1.93. The molecule has 7 nitrogen and oxygen atoms in total. The molecule has 0 radical (unpaired) electrons. The number of hydrogen-bond donors (Lipinski definition) is 1. The molecule has 1 aromatic heterocycles. The Balaban J connectivity index is 1.77. The minimum atomic E-state index is -2.88. The van der Waals surface area contributed by atoms with Crippen LogP contribution in [0.1, 0.15) is 35.9 Å². The van der Waals surface area contributed by atoms with Crippen LogP contribution in [-0.4, -0.2) is 51.5 Å². The van der Waals surface area contributed by atoms with Crippen LogP contribution in [0.5, 0.6) is 5.75 Å². The molecule has 27 heavy (non-hydrogen) atoms. The number of likely N-dealkylation sites (tertiary alicyclic amines) is 1. The second kappa shape index (κ2) is 7.99. The summed E-state index contributed by atoms with van der Waals surface area (Å²) in [5, 5.41) is 8.10. The van der Waals surface area contributed by atoms with E-state index in [1.54, 1.807) is 24.0 Å². The molecule has 2 aromatic rings. The maximum Gasteiger partial charge on any atom is 0.387 e. The Morgan fingerprint density at radius 1 is 1.33 bits per heavy atom. The van der Waals surface area contributed by atoms with E-state index in [0.29, 0.717) is 24.5 Å². The number of rotatable bonds is 5. The van der Waals surface area contributed by atoms with E-state index in [9.17, 15) is 13.6 Å². The van der Waals surface area contributed by atoms with E-state index in [1.165, 1.54) is 16.8 Å². The van der Waals surface area contributed by atoms with Crippen LogP contribution < -0.4 is 10.5 Å². The third-order valence-electron chi connectivity index (χ3n) is 4.89. The predicted octanol–water partition coefficient (Wildman–Crippen LogP) is 2.38. The zero-order valence-corrected chi connectivity index (χ0v) is 15.3. The van der Waals surface area contributed by atoms with Gasteiger partial charge in [0, 0.05) is 19.1 Å². The molecule has 1 aromatic carbocycles. The summed E-state index contributed by atoms with van der Waals surface area (Å²) >= 11 is 0. The van der Waals surface area contributed by atoms with Gasteiger partial charge in [0.2, 0.25) is 0 Å². The van der Waals surface area contributed by atoms with E-state index in [-0.39, 0.29) is 29.3 Å². The van der Waals surface area contributed by atoms with Gasteiger partial charge in [0.15, 0.2) is 5.69 Å². The summed E-state index contributed by atoms with van der Waals surface area (Å²) in [6.45, 7) is 2.12. The van der Waals surface area contributed by atoms with Gasteiger partial charge in [-0.05, 0) is 56.9 Å². The van der Waals surface area contributed by atoms with Gasteiger partial charge in [-0.25, -0.2) is 4.68 Å². The number of aromatic nitrogens is 3. The van der Waals surface area contributed by atoms with E-state index in [2.05, 4.69) is 15.0 Å². The summed E-state index contributed by atoms with van der Waals surface area (Å²) in [7, 11) is 0. The van der Waals surface area contributed by atoms with Gasteiger partial charge in [-0.1, -0.05) is 5.21 Å². The monoisotopic (exact) mass is 379 g/mol. The fourth-order valence-electron chi connectivity index (χ4n) is 3.31. The standard InChI is InChI=1S/C18H23F2N5O2/c1-11(21)13-4-3-9-24(10-13)17(26)16-12(2)25(23-22-16)14-5-7-15(8-6-14)27-18(19)20/h5-8,11,13,18H,3-4,9-10,21H2,1-2H3. The van der Waals surface area contributed by atoms with Crippen molar-refractivity contribution >= 4 is 5.91 Å². The lowest BCUT2D eigenvalue weighted by molar-refractivity contribution is -0.0498. The molecule has 0 aliphatic carbocycles. The van der Waals surface area contributed by atoms with Crippen molar-refractivity contribution in [2.45, 2.75) is 39.3 Å². The largest absolute Gasteiger partial charge is 0.435 e. The van der Waals surface area contributed by atoms with Crippen molar-refractivity contribution in [1.29, 1.82) is 0 Å². The fraction of sp³-hybridized carbons (Fsp3) is 0.500. The number of nitrogens with zero attached hydrogens (tertiary/aromatic N) is 4. The maximum atomic E-state index is 12.9. The van der Waals surface area contributed by atoms with Gasteiger partial charge < -0.3 is 15.4 Å². The van der Waals surface area contributed by atoms with E-state index < -0.39 is 6.61 Å². The number of carbonyl (C=O) groups is 1. The van der Waals surface area contributed by atoms with Crippen LogP contribution in [0.25, 0.3) is 5.69 Å². The molecule has 1 aliphatic rings. The number of ether oxygens (including phenoxy) is 1. The fourth-order valence-corrected chi connectivity index (χ4v) is 3.31. The average Bonchev–Trinajstić information content (AvgIpc) is 3.03. The SMILES string of the molecule is Cc1c(C(=O)N2CCCC(C(C)N)C2)nnn1-c1ccc(OC(F)F)cc1. The molecule has 2 N–H and O–H groups in total. The maximum absolute atomic E-state index is 12.9. The zero-order valence-electron chi connectivity index (χ0n) is 15.3. The average molecular weight is 379 g/mol. The Bertz CT molecular complexity index is 792. The number of benzene rings is 1. The Morgan fingerprint density at radius 3 is 2.67 bits per heavy atom. The number of amides is 1. The molecule has 2 unspecified atom stereocenters. The molecule has 9 heteroatoms. The van der Waals surface area contributed by atoms with Crippen molar-refractivity contribution < 1.29 is 18.3 Å². The van der Waals surface area contributed by atoms with Crippen molar-refractivity contribution in [3.05, 3.63) is 35.7 Å². The molecular formula is C18H23F2N5O2. The molecule has 1 amide bonds. The lowest BCUT2D eigenvalue weighted by Gasteiger charge is -2.34. The molecular weight excluding hydrogens is 356 g/mol. The first-order valence-corrected chi connectivity index (χ1v) is 8.89. The lowest BCUT2D eigenvalue weighted by Crippen LogP contribution is -2.45. The van der Waals surface area contributed by atoms with E-state index in [0.717, 1.165) is 12.8 Å². The molecule has 1 saturated heterocycles. The number of hydrogen-bond acceptors (Lipinski definition) is 5. The van der Waals surface area contributed by atoms with Gasteiger partial charge in [0.25, 0.3) is 5.91 Å². The van der Waals surface area contributed by atoms with E-state index in [1.807, 2.05) is 6.92 Å². The molecule has 146 valence electrons. The van der Waals surface area contributed by atoms with Crippen molar-refractivity contribution in [1.82, 2.24) is 19.9 Å². The molecule has 3 rings (SSSR count). The number of piperidine rings is 1. The Morgan fingerprint density at radius 2 is 2.04 bits per heavy atom. The highest BCUT2D eigenvalue weighted by molar-refractivity contribution is 5.93. The topological polar surface area (TPSA) is 86.3 Å². The summed E-state index contributed by atoms with van der Waals surface area (Å²) in [5.74, 6) is 0.167. The molecule has 0 spiro atoms. The summed E-state index contributed by atoms with van der Waals surface area (Å²) in [5.41, 5.74) is 7.47. The molecule has 0 bridgehead atoms. The van der Waals surface area contributed by atoms with Crippen molar-refractivity contribution in [3.63, 3.8) is 0 Å². The van der Waals surface area contributed by atoms with Gasteiger partial charge in [-0.15, -0.1) is 5.10 Å². The van der Waals surface area contributed by atoms with Crippen LogP contribution in [0.3, 0.4) is 0 Å². The first kappa shape index (κ1) is 19.2. The van der Waals surface area contributed by atoms with E-state index >= 15 is 0 Å². The minimum Gasteiger partial charge on any atom is -0.435 e. The normalized spacial score (nSPS) is 18.6. The highest BCUT2D eigenvalue weighted by atomic mass is 19.3. The number of halogens is 2. The first-order valence-electron chi connectivity index (χ1n) is 8.89. The Hall–Kier alpha value is -2.55. The molecule has 1 fully saturated rings. The van der Waals surface area contributed by atoms with Crippen LogP contribution in [0.15, 0.2) is 24.3 Å². The van der Waals surface area contributed by atoms with Crippen LogP contribution >= 0.6 is 0 Å². The van der Waals surface area contributed by atoms with Crippen LogP contribution in [-0.2, 0) is 0 Å². The summed E-state index contributed by atoms with van der Waals surface area (Å²) in [4.78, 5) is 14.7. The highest BCUT2D eigenvalue weighted by Gasteiger charge is 2.29. The first-order chi connectivity index (χ1) is 12.9. The molecule has 2 atom stereocenters. The van der Waals surface area contributed by atoms with Crippen molar-refractivity contribution in [2.75, 3.05) is 13.1 Å². The predicted molar refractivity (Wildman–Crippen MR) is 95.0 cm³/mol. The second-order valence-electron chi connectivity index (χ2n) is 6.82. The second-order valence-corrected chi connectivity index (χ2v) is 6.82. The van der Waals surface area contributed by atoms with Gasteiger partial charge in [-0.2, -0.15) is 8.78 Å². The van der Waals surface area contributed by atoms with Crippen molar-refractivity contribution in [3.8, 4) is 11.4 Å². The summed E-state index contributed by atoms with van der Waals surface area (Å²) < 4.78 is 30.4. The smallest absolute Gasteiger partial charge is 0.387 e. The lowest BCUT2D eigenvalue weighted by atomic mass is 9.92. The minimum absolute atomic E-state index is 0.0337. The highest BCUT2D eigenvalue weighted by Crippen LogP contribution is 2.22. The molecule has 2 heterocycles. The van der Waals surface area contributed by atoms with Crippen molar-refractivity contribution in [2.24, 2.45) is 11.7 Å². The Labute approximate surface area is 156 Å². The third-order valence-corrected chi connectivity index (χ3v) is 4.89. The number of carbonyl (C=O) groups excluding carboxylic acids is 1. The molecule has 0 saturated carbocycles. The Kier molecular flexibility index (Phi) is 5.69. The van der Waals surface area contributed by atoms with Crippen LogP contribution in [0.2, 0.25) is 0 Å². The van der Waals surface area contributed by atoms with Crippen LogP contribution in [0.4, 0.5) is 8.78 Å². The summed E-state index contributed by atoms with van der Waals surface area (Å²) in [6, 6.07) is 6.04.